The second-order valence-electron chi connectivity index (χ2n) is 7.48. The zero-order chi connectivity index (χ0) is 17.4. The molecule has 0 bridgehead atoms. The maximum absolute atomic E-state index is 4.87. The molecule has 4 heteroatoms. The van der Waals surface area contributed by atoms with Crippen molar-refractivity contribution in [3.63, 3.8) is 0 Å². The number of benzene rings is 2. The van der Waals surface area contributed by atoms with Gasteiger partial charge in [-0.3, -0.25) is 4.40 Å². The predicted octanol–water partition coefficient (Wildman–Crippen LogP) is 4.34. The van der Waals surface area contributed by atoms with E-state index >= 15 is 0 Å². The number of hydrogen-bond acceptors (Lipinski definition) is 2. The third-order valence-electron chi connectivity index (χ3n) is 4.42. The fourth-order valence-corrected chi connectivity index (χ4v) is 3.25. The smallest absolute Gasteiger partial charge is 0.215 e. The summed E-state index contributed by atoms with van der Waals surface area (Å²) in [4.78, 5) is 4.87. The van der Waals surface area contributed by atoms with E-state index in [2.05, 4.69) is 89.8 Å². The van der Waals surface area contributed by atoms with Gasteiger partial charge in [-0.1, -0.05) is 42.5 Å². The lowest BCUT2D eigenvalue weighted by molar-refractivity contribution is 0.414. The van der Waals surface area contributed by atoms with E-state index in [1.54, 1.807) is 0 Å². The van der Waals surface area contributed by atoms with Crippen molar-refractivity contribution in [1.82, 2.24) is 19.3 Å². The van der Waals surface area contributed by atoms with Crippen LogP contribution in [0.5, 0.6) is 0 Å². The summed E-state index contributed by atoms with van der Waals surface area (Å²) in [6.45, 7) is 8.36. The quantitative estimate of drug-likeness (QED) is 0.603. The van der Waals surface area contributed by atoms with Gasteiger partial charge in [-0.2, -0.15) is 0 Å². The number of fused-ring (bicyclic) bond motifs is 3. The molecule has 0 fully saturated rings. The van der Waals surface area contributed by atoms with Crippen molar-refractivity contribution in [1.29, 1.82) is 0 Å². The molecule has 0 unspecified atom stereocenters. The van der Waals surface area contributed by atoms with E-state index < -0.39 is 0 Å². The second-order valence-corrected chi connectivity index (χ2v) is 7.48. The minimum atomic E-state index is 0.108. The lowest BCUT2D eigenvalue weighted by Crippen LogP contribution is -2.37. The summed E-state index contributed by atoms with van der Waals surface area (Å²) in [6, 6.07) is 18.8. The highest BCUT2D eigenvalue weighted by Crippen LogP contribution is 2.26. The Morgan fingerprint density at radius 1 is 0.960 bits per heavy atom. The van der Waals surface area contributed by atoms with E-state index in [0.29, 0.717) is 0 Å². The summed E-state index contributed by atoms with van der Waals surface area (Å²) in [6.07, 6.45) is 2.21. The Hall–Kier alpha value is -2.59. The summed E-state index contributed by atoms with van der Waals surface area (Å²) in [7, 11) is 0. The van der Waals surface area contributed by atoms with Crippen molar-refractivity contribution in [2.24, 2.45) is 0 Å². The highest BCUT2D eigenvalue weighted by Gasteiger charge is 2.16. The van der Waals surface area contributed by atoms with Gasteiger partial charge >= 0.3 is 0 Å². The molecule has 0 radical (unpaired) electrons. The highest BCUT2D eigenvalue weighted by molar-refractivity contribution is 5.81. The van der Waals surface area contributed by atoms with Crippen LogP contribution in [0.2, 0.25) is 0 Å². The molecule has 0 aliphatic heterocycles. The first-order valence-corrected chi connectivity index (χ1v) is 8.80. The molecule has 4 aromatic rings. The minimum absolute atomic E-state index is 0.108. The Balaban J connectivity index is 1.83. The van der Waals surface area contributed by atoms with Crippen LogP contribution in [0.25, 0.3) is 28.1 Å². The zero-order valence-electron chi connectivity index (χ0n) is 15.0. The number of para-hydroxylation sites is 2. The van der Waals surface area contributed by atoms with Crippen molar-refractivity contribution < 1.29 is 0 Å². The Kier molecular flexibility index (Phi) is 3.85. The van der Waals surface area contributed by atoms with Crippen molar-refractivity contribution in [2.75, 3.05) is 6.54 Å². The fraction of sp³-hybridized carbons (Fsp3) is 0.286. The van der Waals surface area contributed by atoms with E-state index in [1.807, 2.05) is 6.07 Å². The second kappa shape index (κ2) is 6.05. The maximum Gasteiger partial charge on any atom is 0.215 e. The first-order valence-electron chi connectivity index (χ1n) is 8.80. The lowest BCUT2D eigenvalue weighted by atomic mass is 10.1. The van der Waals surface area contributed by atoms with Crippen LogP contribution < -0.4 is 5.32 Å². The van der Waals surface area contributed by atoms with E-state index in [4.69, 9.17) is 4.98 Å². The molecule has 2 aromatic carbocycles. The summed E-state index contributed by atoms with van der Waals surface area (Å²) >= 11 is 0. The summed E-state index contributed by atoms with van der Waals surface area (Å²) < 4.78 is 4.52. The van der Waals surface area contributed by atoms with Crippen LogP contribution in [0.15, 0.2) is 60.8 Å². The molecule has 0 spiro atoms. The lowest BCUT2D eigenvalue weighted by Gasteiger charge is -2.21. The van der Waals surface area contributed by atoms with Gasteiger partial charge in [0.2, 0.25) is 5.78 Å². The third-order valence-corrected chi connectivity index (χ3v) is 4.42. The van der Waals surface area contributed by atoms with Crippen molar-refractivity contribution in [3.05, 3.63) is 60.8 Å². The molecule has 0 atom stereocenters. The molecule has 0 saturated heterocycles. The predicted molar refractivity (Wildman–Crippen MR) is 104 cm³/mol. The molecule has 128 valence electrons. The molecule has 25 heavy (non-hydrogen) atoms. The minimum Gasteiger partial charge on any atom is -0.310 e. The Labute approximate surface area is 148 Å². The van der Waals surface area contributed by atoms with Crippen LogP contribution in [0.1, 0.15) is 20.8 Å². The van der Waals surface area contributed by atoms with E-state index in [0.717, 1.165) is 29.9 Å². The Bertz CT molecular complexity index is 1000. The van der Waals surface area contributed by atoms with Crippen LogP contribution in [0, 0.1) is 0 Å². The van der Waals surface area contributed by atoms with E-state index in [1.165, 1.54) is 11.3 Å². The standard InChI is InChI=1S/C21H24N4/c1-21(2,3)22-13-14-24-19(16-9-5-4-6-10-16)15-25-18-12-8-7-11-17(18)23-20(24)25/h4-12,15,22H,13-14H2,1-3H3. The molecule has 0 aliphatic carbocycles. The van der Waals surface area contributed by atoms with Gasteiger partial charge in [0.1, 0.15) is 0 Å². The van der Waals surface area contributed by atoms with Gasteiger partial charge < -0.3 is 9.88 Å². The van der Waals surface area contributed by atoms with Crippen LogP contribution in [0.4, 0.5) is 0 Å². The Morgan fingerprint density at radius 2 is 1.68 bits per heavy atom. The molecule has 4 nitrogen and oxygen atoms in total. The first-order chi connectivity index (χ1) is 12.0. The monoisotopic (exact) mass is 332 g/mol. The van der Waals surface area contributed by atoms with Gasteiger partial charge in [-0.15, -0.1) is 0 Å². The first kappa shape index (κ1) is 15.9. The molecular weight excluding hydrogens is 308 g/mol. The average molecular weight is 332 g/mol. The van der Waals surface area contributed by atoms with Gasteiger partial charge in [-0.25, -0.2) is 4.98 Å². The molecule has 0 saturated carbocycles. The molecule has 1 N–H and O–H groups in total. The van der Waals surface area contributed by atoms with Crippen molar-refractivity contribution >= 4 is 16.8 Å². The number of nitrogens with one attached hydrogen (secondary N) is 1. The summed E-state index contributed by atoms with van der Waals surface area (Å²) in [5, 5.41) is 3.58. The molecule has 0 aliphatic rings. The molecule has 0 amide bonds. The van der Waals surface area contributed by atoms with Crippen molar-refractivity contribution in [3.8, 4) is 11.3 Å². The summed E-state index contributed by atoms with van der Waals surface area (Å²) in [5.74, 6) is 0.996. The van der Waals surface area contributed by atoms with Crippen LogP contribution in [-0.4, -0.2) is 26.0 Å². The van der Waals surface area contributed by atoms with Crippen LogP contribution >= 0.6 is 0 Å². The number of aromatic nitrogens is 3. The zero-order valence-corrected chi connectivity index (χ0v) is 15.0. The van der Waals surface area contributed by atoms with Gasteiger partial charge in [0.25, 0.3) is 0 Å². The summed E-state index contributed by atoms with van der Waals surface area (Å²) in [5.41, 5.74) is 4.71. The number of imidazole rings is 2. The SMILES string of the molecule is CC(C)(C)NCCn1c(-c2ccccc2)cn2c3ccccc3nc12. The van der Waals surface area contributed by atoms with Gasteiger partial charge in [0, 0.05) is 24.8 Å². The van der Waals surface area contributed by atoms with E-state index in [9.17, 15) is 0 Å². The Morgan fingerprint density at radius 3 is 2.44 bits per heavy atom. The highest BCUT2D eigenvalue weighted by atomic mass is 15.2. The van der Waals surface area contributed by atoms with Gasteiger partial charge in [-0.05, 0) is 38.5 Å². The topological polar surface area (TPSA) is 34.3 Å². The number of rotatable bonds is 4. The normalized spacial score (nSPS) is 12.3. The van der Waals surface area contributed by atoms with Crippen LogP contribution in [0.3, 0.4) is 0 Å². The fourth-order valence-electron chi connectivity index (χ4n) is 3.25. The van der Waals surface area contributed by atoms with Gasteiger partial charge in [0.15, 0.2) is 0 Å². The van der Waals surface area contributed by atoms with Crippen LogP contribution in [-0.2, 0) is 6.54 Å². The average Bonchev–Trinajstić information content (AvgIpc) is 3.11. The van der Waals surface area contributed by atoms with Gasteiger partial charge in [0.05, 0.1) is 16.7 Å². The maximum atomic E-state index is 4.87. The molecular formula is C21H24N4. The van der Waals surface area contributed by atoms with Crippen molar-refractivity contribution in [2.45, 2.75) is 32.9 Å². The number of nitrogens with zero attached hydrogens (tertiary/aromatic N) is 3. The molecule has 2 heterocycles. The molecule has 4 rings (SSSR count). The third kappa shape index (κ3) is 3.05. The molecule has 2 aromatic heterocycles. The number of hydrogen-bond donors (Lipinski definition) is 1. The largest absolute Gasteiger partial charge is 0.310 e. The van der Waals surface area contributed by atoms with E-state index in [-0.39, 0.29) is 5.54 Å².